The van der Waals surface area contributed by atoms with Crippen molar-refractivity contribution in [2.75, 3.05) is 47.6 Å². The van der Waals surface area contributed by atoms with Crippen LogP contribution in [-0.2, 0) is 16.6 Å². The first-order chi connectivity index (χ1) is 15.6. The molecule has 0 unspecified atom stereocenters. The second kappa shape index (κ2) is 10.2. The normalized spacial score (nSPS) is 13.6. The Morgan fingerprint density at radius 1 is 1.12 bits per heavy atom. The molecule has 3 aromatic rings. The topological polar surface area (TPSA) is 114 Å². The van der Waals surface area contributed by atoms with Crippen molar-refractivity contribution >= 4 is 40.8 Å². The van der Waals surface area contributed by atoms with Crippen LogP contribution in [0.5, 0.6) is 0 Å². The SMILES string of the molecule is Cn1cnnc1SCC(=O)Nc1cccc(C(=O)Nc2ccc(N3CCOCC3)nc2)c1. The van der Waals surface area contributed by atoms with Gasteiger partial charge in [-0.2, -0.15) is 0 Å². The smallest absolute Gasteiger partial charge is 0.255 e. The number of carbonyl (C=O) groups excluding carboxylic acids is 2. The number of nitrogens with zero attached hydrogens (tertiary/aromatic N) is 5. The van der Waals surface area contributed by atoms with E-state index in [9.17, 15) is 9.59 Å². The predicted octanol–water partition coefficient (Wildman–Crippen LogP) is 2.03. The molecule has 4 rings (SSSR count). The minimum absolute atomic E-state index is 0.185. The van der Waals surface area contributed by atoms with Crippen LogP contribution in [0.4, 0.5) is 17.2 Å². The summed E-state index contributed by atoms with van der Waals surface area (Å²) in [4.78, 5) is 31.5. The third-order valence-electron chi connectivity index (χ3n) is 4.75. The van der Waals surface area contributed by atoms with Gasteiger partial charge in [0.25, 0.3) is 5.91 Å². The summed E-state index contributed by atoms with van der Waals surface area (Å²) < 4.78 is 7.10. The molecule has 0 aliphatic carbocycles. The largest absolute Gasteiger partial charge is 0.378 e. The predicted molar refractivity (Wildman–Crippen MR) is 122 cm³/mol. The highest BCUT2D eigenvalue weighted by Gasteiger charge is 2.13. The molecule has 0 saturated carbocycles. The quantitative estimate of drug-likeness (QED) is 0.523. The minimum Gasteiger partial charge on any atom is -0.378 e. The van der Waals surface area contributed by atoms with E-state index in [2.05, 4.69) is 30.7 Å². The molecule has 2 N–H and O–H groups in total. The number of thioether (sulfide) groups is 1. The van der Waals surface area contributed by atoms with Crippen molar-refractivity contribution in [3.8, 4) is 0 Å². The lowest BCUT2D eigenvalue weighted by Gasteiger charge is -2.27. The van der Waals surface area contributed by atoms with E-state index in [1.165, 1.54) is 11.8 Å². The van der Waals surface area contributed by atoms with Crippen molar-refractivity contribution in [2.24, 2.45) is 7.05 Å². The molecule has 1 aliphatic heterocycles. The molecule has 10 nitrogen and oxygen atoms in total. The Morgan fingerprint density at radius 3 is 2.69 bits per heavy atom. The van der Waals surface area contributed by atoms with Gasteiger partial charge in [-0.15, -0.1) is 10.2 Å². The van der Waals surface area contributed by atoms with Crippen LogP contribution < -0.4 is 15.5 Å². The molecular weight excluding hydrogens is 430 g/mol. The molecule has 0 radical (unpaired) electrons. The molecule has 0 spiro atoms. The molecule has 1 saturated heterocycles. The minimum atomic E-state index is -0.282. The van der Waals surface area contributed by atoms with Gasteiger partial charge in [-0.1, -0.05) is 17.8 Å². The first-order valence-corrected chi connectivity index (χ1v) is 11.0. The van der Waals surface area contributed by atoms with E-state index < -0.39 is 0 Å². The fraction of sp³-hybridized carbons (Fsp3) is 0.286. The Hall–Kier alpha value is -3.44. The van der Waals surface area contributed by atoms with Gasteiger partial charge in [0.15, 0.2) is 5.16 Å². The number of nitrogens with one attached hydrogen (secondary N) is 2. The van der Waals surface area contributed by atoms with Crippen LogP contribution in [0.1, 0.15) is 10.4 Å². The fourth-order valence-electron chi connectivity index (χ4n) is 3.11. The number of hydrogen-bond acceptors (Lipinski definition) is 8. The Morgan fingerprint density at radius 2 is 1.97 bits per heavy atom. The molecule has 0 atom stereocenters. The third kappa shape index (κ3) is 5.62. The number of anilines is 3. The molecule has 2 aromatic heterocycles. The van der Waals surface area contributed by atoms with Gasteiger partial charge in [-0.25, -0.2) is 4.98 Å². The summed E-state index contributed by atoms with van der Waals surface area (Å²) in [5.74, 6) is 0.563. The van der Waals surface area contributed by atoms with E-state index in [1.807, 2.05) is 19.2 Å². The highest BCUT2D eigenvalue weighted by Crippen LogP contribution is 2.18. The summed E-state index contributed by atoms with van der Waals surface area (Å²) >= 11 is 1.29. The van der Waals surface area contributed by atoms with E-state index in [0.717, 1.165) is 18.9 Å². The Kier molecular flexibility index (Phi) is 6.97. The number of ether oxygens (including phenoxy) is 1. The highest BCUT2D eigenvalue weighted by atomic mass is 32.2. The van der Waals surface area contributed by atoms with Crippen molar-refractivity contribution in [3.05, 3.63) is 54.5 Å². The average molecular weight is 454 g/mol. The monoisotopic (exact) mass is 453 g/mol. The first-order valence-electron chi connectivity index (χ1n) is 10.1. The molecular formula is C21H23N7O3S. The maximum absolute atomic E-state index is 12.7. The van der Waals surface area contributed by atoms with Gasteiger partial charge in [0.2, 0.25) is 5.91 Å². The van der Waals surface area contributed by atoms with Crippen LogP contribution in [0.25, 0.3) is 0 Å². The second-order valence-electron chi connectivity index (χ2n) is 7.10. The van der Waals surface area contributed by atoms with Crippen LogP contribution in [0.3, 0.4) is 0 Å². The Bertz CT molecular complexity index is 1080. The zero-order chi connectivity index (χ0) is 22.3. The van der Waals surface area contributed by atoms with Crippen molar-refractivity contribution in [1.29, 1.82) is 0 Å². The summed E-state index contributed by atoms with van der Waals surface area (Å²) in [6.07, 6.45) is 3.21. The molecule has 11 heteroatoms. The van der Waals surface area contributed by atoms with E-state index in [0.29, 0.717) is 35.3 Å². The lowest BCUT2D eigenvalue weighted by Crippen LogP contribution is -2.36. The molecule has 32 heavy (non-hydrogen) atoms. The number of benzene rings is 1. The van der Waals surface area contributed by atoms with Crippen molar-refractivity contribution in [3.63, 3.8) is 0 Å². The standard InChI is InChI=1S/C21H23N7O3S/c1-27-14-23-26-21(27)32-13-19(29)24-16-4-2-3-15(11-16)20(30)25-17-5-6-18(22-12-17)28-7-9-31-10-8-28/h2-6,11-12,14H,7-10,13H2,1H3,(H,24,29)(H,25,30). The van der Waals surface area contributed by atoms with Gasteiger partial charge in [-0.3, -0.25) is 9.59 Å². The maximum Gasteiger partial charge on any atom is 0.255 e. The van der Waals surface area contributed by atoms with Gasteiger partial charge in [-0.05, 0) is 30.3 Å². The molecule has 1 aromatic carbocycles. The highest BCUT2D eigenvalue weighted by molar-refractivity contribution is 7.99. The van der Waals surface area contributed by atoms with Crippen LogP contribution in [0, 0.1) is 0 Å². The molecule has 3 heterocycles. The number of aryl methyl sites for hydroxylation is 1. The summed E-state index contributed by atoms with van der Waals surface area (Å²) in [6, 6.07) is 10.5. The van der Waals surface area contributed by atoms with Gasteiger partial charge in [0, 0.05) is 31.4 Å². The lowest BCUT2D eigenvalue weighted by molar-refractivity contribution is -0.113. The number of aromatic nitrogens is 4. The van der Waals surface area contributed by atoms with Gasteiger partial charge in [0.05, 0.1) is 30.9 Å². The van der Waals surface area contributed by atoms with E-state index in [1.54, 1.807) is 41.4 Å². The van der Waals surface area contributed by atoms with Gasteiger partial charge in [0.1, 0.15) is 12.1 Å². The van der Waals surface area contributed by atoms with Crippen molar-refractivity contribution in [1.82, 2.24) is 19.7 Å². The zero-order valence-corrected chi connectivity index (χ0v) is 18.3. The number of amides is 2. The molecule has 166 valence electrons. The maximum atomic E-state index is 12.7. The van der Waals surface area contributed by atoms with Crippen LogP contribution in [-0.4, -0.2) is 63.6 Å². The summed E-state index contributed by atoms with van der Waals surface area (Å²) in [5, 5.41) is 14.0. The summed E-state index contributed by atoms with van der Waals surface area (Å²) in [5.41, 5.74) is 1.57. The number of rotatable bonds is 7. The molecule has 1 fully saturated rings. The first kappa shape index (κ1) is 21.8. The lowest BCUT2D eigenvalue weighted by atomic mass is 10.2. The van der Waals surface area contributed by atoms with Crippen LogP contribution >= 0.6 is 11.8 Å². The Balaban J connectivity index is 1.32. The summed E-state index contributed by atoms with van der Waals surface area (Å²) in [7, 11) is 1.81. The molecule has 0 bridgehead atoms. The van der Waals surface area contributed by atoms with E-state index in [4.69, 9.17) is 4.74 Å². The van der Waals surface area contributed by atoms with Crippen LogP contribution in [0.15, 0.2) is 54.1 Å². The number of hydrogen-bond donors (Lipinski definition) is 2. The number of morpholine rings is 1. The van der Waals surface area contributed by atoms with Crippen molar-refractivity contribution < 1.29 is 14.3 Å². The second-order valence-corrected chi connectivity index (χ2v) is 8.04. The van der Waals surface area contributed by atoms with Crippen molar-refractivity contribution in [2.45, 2.75) is 5.16 Å². The molecule has 1 aliphatic rings. The van der Waals surface area contributed by atoms with E-state index in [-0.39, 0.29) is 17.6 Å². The third-order valence-corrected chi connectivity index (χ3v) is 5.79. The molecule has 2 amide bonds. The van der Waals surface area contributed by atoms with Gasteiger partial charge < -0.3 is 24.8 Å². The average Bonchev–Trinajstić information content (AvgIpc) is 3.23. The summed E-state index contributed by atoms with van der Waals surface area (Å²) in [6.45, 7) is 2.97. The fourth-order valence-corrected chi connectivity index (χ4v) is 3.80. The van der Waals surface area contributed by atoms with Gasteiger partial charge >= 0.3 is 0 Å². The van der Waals surface area contributed by atoms with E-state index >= 15 is 0 Å². The van der Waals surface area contributed by atoms with Crippen LogP contribution in [0.2, 0.25) is 0 Å². The zero-order valence-electron chi connectivity index (χ0n) is 17.5. The number of pyridine rings is 1. The Labute approximate surface area is 189 Å². The number of carbonyl (C=O) groups is 2.